The van der Waals surface area contributed by atoms with Crippen LogP contribution in [-0.2, 0) is 5.88 Å². The molecule has 0 aliphatic heterocycles. The molecule has 0 radical (unpaired) electrons. The molecule has 0 spiro atoms. The van der Waals surface area contributed by atoms with Crippen LogP contribution in [0.5, 0.6) is 5.75 Å². The smallest absolute Gasteiger partial charge is 0.150 e. The first kappa shape index (κ1) is 13.8. The van der Waals surface area contributed by atoms with Crippen LogP contribution in [-0.4, -0.2) is 9.97 Å². The highest BCUT2D eigenvalue weighted by Crippen LogP contribution is 2.28. The summed E-state index contributed by atoms with van der Waals surface area (Å²) in [4.78, 5) is 8.52. The number of alkyl halides is 1. The number of hydrogen-bond donors (Lipinski definition) is 0. The molecule has 1 atom stereocenters. The molecule has 0 aliphatic rings. The number of rotatable bonds is 5. The predicted octanol–water partition coefficient (Wildman–Crippen LogP) is 4.57. The Hall–Kier alpha value is -0.650. The quantitative estimate of drug-likeness (QED) is 0.743. The zero-order valence-electron chi connectivity index (χ0n) is 9.77. The molecule has 0 amide bonds. The fourth-order valence-corrected chi connectivity index (χ4v) is 2.96. The van der Waals surface area contributed by atoms with Crippen molar-refractivity contribution in [2.75, 3.05) is 0 Å². The third kappa shape index (κ3) is 3.43. The molecule has 6 heteroatoms. The lowest BCUT2D eigenvalue weighted by Gasteiger charge is -2.14. The molecule has 0 bridgehead atoms. The lowest BCUT2D eigenvalue weighted by atomic mass is 10.3. The number of ether oxygens (including phenoxy) is 1. The highest BCUT2D eigenvalue weighted by atomic mass is 79.9. The van der Waals surface area contributed by atoms with E-state index in [2.05, 4.69) is 32.8 Å². The van der Waals surface area contributed by atoms with Gasteiger partial charge in [-0.05, 0) is 28.4 Å². The summed E-state index contributed by atoms with van der Waals surface area (Å²) in [7, 11) is 0. The summed E-state index contributed by atoms with van der Waals surface area (Å²) in [6, 6.07) is 1.89. The maximum Gasteiger partial charge on any atom is 0.150 e. The summed E-state index contributed by atoms with van der Waals surface area (Å²) >= 11 is 10.7. The van der Waals surface area contributed by atoms with E-state index in [1.54, 1.807) is 23.7 Å². The maximum absolute atomic E-state index is 5.90. The topological polar surface area (TPSA) is 35.0 Å². The number of aromatic nitrogens is 2. The molecule has 0 saturated carbocycles. The normalized spacial score (nSPS) is 12.4. The average molecular weight is 348 g/mol. The van der Waals surface area contributed by atoms with Gasteiger partial charge in [-0.3, -0.25) is 4.98 Å². The first-order valence-electron chi connectivity index (χ1n) is 5.50. The van der Waals surface area contributed by atoms with Crippen LogP contribution in [0.4, 0.5) is 0 Å². The Balaban J connectivity index is 2.14. The summed E-state index contributed by atoms with van der Waals surface area (Å²) in [5.74, 6) is 1.17. The standard InChI is InChI=1S/C12H12BrClN2OS/c1-2-11(12-16-9(4-14)7-18-12)17-10-3-8(13)5-15-6-10/h3,5-7,11H,2,4H2,1H3. The maximum atomic E-state index is 5.90. The van der Waals surface area contributed by atoms with E-state index in [4.69, 9.17) is 16.3 Å². The second-order valence-corrected chi connectivity index (χ2v) is 5.74. The van der Waals surface area contributed by atoms with Crippen LogP contribution < -0.4 is 4.74 Å². The van der Waals surface area contributed by atoms with Crippen molar-refractivity contribution in [3.05, 3.63) is 39.0 Å². The molecule has 2 rings (SSSR count). The molecule has 0 N–H and O–H groups in total. The summed E-state index contributed by atoms with van der Waals surface area (Å²) in [6.45, 7) is 2.07. The molecule has 0 saturated heterocycles. The van der Waals surface area contributed by atoms with Crippen LogP contribution in [0.1, 0.15) is 30.2 Å². The van der Waals surface area contributed by atoms with Crippen molar-refractivity contribution in [2.24, 2.45) is 0 Å². The Labute approximate surface area is 123 Å². The Bertz CT molecular complexity index is 520. The van der Waals surface area contributed by atoms with Gasteiger partial charge in [0, 0.05) is 16.0 Å². The fourth-order valence-electron chi connectivity index (χ4n) is 1.46. The van der Waals surface area contributed by atoms with Crippen LogP contribution in [0.2, 0.25) is 0 Å². The van der Waals surface area contributed by atoms with Gasteiger partial charge in [-0.2, -0.15) is 0 Å². The number of hydrogen-bond acceptors (Lipinski definition) is 4. The van der Waals surface area contributed by atoms with E-state index in [9.17, 15) is 0 Å². The van der Waals surface area contributed by atoms with Gasteiger partial charge in [-0.25, -0.2) is 4.98 Å². The lowest BCUT2D eigenvalue weighted by molar-refractivity contribution is 0.200. The minimum Gasteiger partial charge on any atom is -0.482 e. The molecule has 0 aromatic carbocycles. The molecule has 1 unspecified atom stereocenters. The van der Waals surface area contributed by atoms with Crippen LogP contribution in [0, 0.1) is 0 Å². The van der Waals surface area contributed by atoms with Gasteiger partial charge in [0.05, 0.1) is 17.8 Å². The first-order chi connectivity index (χ1) is 8.72. The highest BCUT2D eigenvalue weighted by molar-refractivity contribution is 9.10. The number of nitrogens with zero attached hydrogens (tertiary/aromatic N) is 2. The minimum absolute atomic E-state index is 0.0527. The van der Waals surface area contributed by atoms with E-state index in [1.165, 1.54) is 0 Å². The summed E-state index contributed by atoms with van der Waals surface area (Å²) in [5, 5.41) is 2.92. The summed E-state index contributed by atoms with van der Waals surface area (Å²) in [5.41, 5.74) is 0.895. The molecular weight excluding hydrogens is 336 g/mol. The molecule has 2 heterocycles. The molecular formula is C12H12BrClN2OS. The zero-order valence-corrected chi connectivity index (χ0v) is 12.9. The van der Waals surface area contributed by atoms with Gasteiger partial charge >= 0.3 is 0 Å². The van der Waals surface area contributed by atoms with Crippen molar-refractivity contribution in [3.8, 4) is 5.75 Å². The number of pyridine rings is 1. The predicted molar refractivity (Wildman–Crippen MR) is 77.3 cm³/mol. The lowest BCUT2D eigenvalue weighted by Crippen LogP contribution is -2.06. The van der Waals surface area contributed by atoms with Crippen molar-refractivity contribution in [1.82, 2.24) is 9.97 Å². The number of halogens is 2. The molecule has 18 heavy (non-hydrogen) atoms. The summed E-state index contributed by atoms with van der Waals surface area (Å²) in [6.07, 6.45) is 4.22. The van der Waals surface area contributed by atoms with Gasteiger partial charge in [0.2, 0.25) is 0 Å². The zero-order chi connectivity index (χ0) is 13.0. The van der Waals surface area contributed by atoms with E-state index in [-0.39, 0.29) is 6.10 Å². The Morgan fingerprint density at radius 1 is 1.50 bits per heavy atom. The SMILES string of the molecule is CCC(Oc1cncc(Br)c1)c1nc(CCl)cs1. The van der Waals surface area contributed by atoms with Gasteiger partial charge in [0.25, 0.3) is 0 Å². The van der Waals surface area contributed by atoms with Crippen molar-refractivity contribution >= 4 is 38.9 Å². The van der Waals surface area contributed by atoms with Gasteiger partial charge in [-0.1, -0.05) is 6.92 Å². The van der Waals surface area contributed by atoms with Gasteiger partial charge in [-0.15, -0.1) is 22.9 Å². The Morgan fingerprint density at radius 3 is 2.94 bits per heavy atom. The van der Waals surface area contributed by atoms with Gasteiger partial charge in [0.15, 0.2) is 0 Å². The van der Waals surface area contributed by atoms with Gasteiger partial charge in [0.1, 0.15) is 16.9 Å². The Morgan fingerprint density at radius 2 is 2.33 bits per heavy atom. The minimum atomic E-state index is -0.0527. The fraction of sp³-hybridized carbons (Fsp3) is 0.333. The Kier molecular flexibility index (Phi) is 4.97. The molecule has 3 nitrogen and oxygen atoms in total. The van der Waals surface area contributed by atoms with Gasteiger partial charge < -0.3 is 4.74 Å². The van der Waals surface area contributed by atoms with E-state index in [0.717, 1.165) is 27.3 Å². The van der Waals surface area contributed by atoms with E-state index < -0.39 is 0 Å². The number of thiazole rings is 1. The molecule has 96 valence electrons. The van der Waals surface area contributed by atoms with E-state index in [0.29, 0.717) is 5.88 Å². The van der Waals surface area contributed by atoms with E-state index >= 15 is 0 Å². The molecule has 0 fully saturated rings. The van der Waals surface area contributed by atoms with Crippen LogP contribution in [0.3, 0.4) is 0 Å². The highest BCUT2D eigenvalue weighted by Gasteiger charge is 2.15. The van der Waals surface area contributed by atoms with Crippen molar-refractivity contribution in [1.29, 1.82) is 0 Å². The van der Waals surface area contributed by atoms with E-state index in [1.807, 2.05) is 11.4 Å². The molecule has 0 aliphatic carbocycles. The second kappa shape index (κ2) is 6.50. The summed E-state index contributed by atoms with van der Waals surface area (Å²) < 4.78 is 6.80. The van der Waals surface area contributed by atoms with Crippen LogP contribution >= 0.6 is 38.9 Å². The van der Waals surface area contributed by atoms with Crippen molar-refractivity contribution < 1.29 is 4.74 Å². The molecule has 2 aromatic heterocycles. The monoisotopic (exact) mass is 346 g/mol. The van der Waals surface area contributed by atoms with Crippen molar-refractivity contribution in [3.63, 3.8) is 0 Å². The average Bonchev–Trinajstić information content (AvgIpc) is 2.84. The second-order valence-electron chi connectivity index (χ2n) is 3.66. The van der Waals surface area contributed by atoms with Crippen LogP contribution in [0.25, 0.3) is 0 Å². The first-order valence-corrected chi connectivity index (χ1v) is 7.71. The van der Waals surface area contributed by atoms with Crippen LogP contribution in [0.15, 0.2) is 28.3 Å². The molecule has 2 aromatic rings. The van der Waals surface area contributed by atoms with Crippen molar-refractivity contribution in [2.45, 2.75) is 25.3 Å². The largest absolute Gasteiger partial charge is 0.482 e. The third-order valence-electron chi connectivity index (χ3n) is 2.31. The third-order valence-corrected chi connectivity index (χ3v) is 4.00.